The minimum Gasteiger partial charge on any atom is -0.389 e. The third kappa shape index (κ3) is 4.19. The predicted molar refractivity (Wildman–Crippen MR) is 76.2 cm³/mol. The van der Waals surface area contributed by atoms with Gasteiger partial charge in [0.25, 0.3) is 0 Å². The first-order chi connectivity index (χ1) is 8.94. The molecule has 1 aromatic heterocycles. The van der Waals surface area contributed by atoms with Crippen molar-refractivity contribution in [3.8, 4) is 5.69 Å². The molecule has 1 heterocycles. The molecular formula is C15H21N3O. The average Bonchev–Trinajstić information content (AvgIpc) is 2.80. The molecule has 4 heteroatoms. The Labute approximate surface area is 114 Å². The SMILES string of the molecule is CN(Cc1ccc(-n2cccn2)cc1)CC(C)(C)O. The molecule has 102 valence electrons. The van der Waals surface area contributed by atoms with Crippen molar-refractivity contribution in [2.24, 2.45) is 0 Å². The lowest BCUT2D eigenvalue weighted by atomic mass is 10.1. The lowest BCUT2D eigenvalue weighted by molar-refractivity contribution is 0.0425. The van der Waals surface area contributed by atoms with E-state index < -0.39 is 5.60 Å². The summed E-state index contributed by atoms with van der Waals surface area (Å²) < 4.78 is 1.84. The lowest BCUT2D eigenvalue weighted by Gasteiger charge is -2.25. The summed E-state index contributed by atoms with van der Waals surface area (Å²) in [5.74, 6) is 0. The van der Waals surface area contributed by atoms with Crippen LogP contribution in [0.15, 0.2) is 42.7 Å². The van der Waals surface area contributed by atoms with E-state index in [9.17, 15) is 5.11 Å². The van der Waals surface area contributed by atoms with Crippen molar-refractivity contribution in [3.63, 3.8) is 0 Å². The molecule has 2 aromatic rings. The van der Waals surface area contributed by atoms with Crippen LogP contribution >= 0.6 is 0 Å². The molecule has 0 saturated heterocycles. The lowest BCUT2D eigenvalue weighted by Crippen LogP contribution is -2.35. The monoisotopic (exact) mass is 259 g/mol. The van der Waals surface area contributed by atoms with E-state index in [0.717, 1.165) is 12.2 Å². The Kier molecular flexibility index (Phi) is 4.02. The molecule has 2 rings (SSSR count). The summed E-state index contributed by atoms with van der Waals surface area (Å²) in [4.78, 5) is 2.11. The van der Waals surface area contributed by atoms with Crippen LogP contribution in [-0.2, 0) is 6.54 Å². The quantitative estimate of drug-likeness (QED) is 0.893. The third-order valence-electron chi connectivity index (χ3n) is 2.81. The fourth-order valence-electron chi connectivity index (χ4n) is 2.20. The van der Waals surface area contributed by atoms with Gasteiger partial charge in [-0.05, 0) is 44.7 Å². The van der Waals surface area contributed by atoms with Crippen molar-refractivity contribution in [1.29, 1.82) is 0 Å². The molecular weight excluding hydrogens is 238 g/mol. The highest BCUT2D eigenvalue weighted by molar-refractivity contribution is 5.33. The number of hydrogen-bond acceptors (Lipinski definition) is 3. The maximum Gasteiger partial charge on any atom is 0.0718 e. The molecule has 1 N–H and O–H groups in total. The first-order valence-electron chi connectivity index (χ1n) is 6.44. The fourth-order valence-corrected chi connectivity index (χ4v) is 2.20. The summed E-state index contributed by atoms with van der Waals surface area (Å²) in [6, 6.07) is 10.2. The van der Waals surface area contributed by atoms with Gasteiger partial charge in [0, 0.05) is 25.5 Å². The van der Waals surface area contributed by atoms with E-state index >= 15 is 0 Å². The van der Waals surface area contributed by atoms with Gasteiger partial charge in [-0.3, -0.25) is 4.90 Å². The number of benzene rings is 1. The summed E-state index contributed by atoms with van der Waals surface area (Å²) in [7, 11) is 2.01. The summed E-state index contributed by atoms with van der Waals surface area (Å²) >= 11 is 0. The van der Waals surface area contributed by atoms with Gasteiger partial charge in [-0.1, -0.05) is 12.1 Å². The van der Waals surface area contributed by atoms with Crippen LogP contribution in [0, 0.1) is 0 Å². The third-order valence-corrected chi connectivity index (χ3v) is 2.81. The van der Waals surface area contributed by atoms with Gasteiger partial charge in [0.2, 0.25) is 0 Å². The normalized spacial score (nSPS) is 12.1. The average molecular weight is 259 g/mol. The van der Waals surface area contributed by atoms with E-state index in [1.54, 1.807) is 6.20 Å². The molecule has 0 spiro atoms. The molecule has 0 aliphatic rings. The summed E-state index contributed by atoms with van der Waals surface area (Å²) in [5, 5.41) is 14.0. The first-order valence-corrected chi connectivity index (χ1v) is 6.44. The van der Waals surface area contributed by atoms with Gasteiger partial charge >= 0.3 is 0 Å². The minimum atomic E-state index is -0.663. The second-order valence-corrected chi connectivity index (χ2v) is 5.60. The molecule has 0 bridgehead atoms. The standard InChI is InChI=1S/C15H21N3O/c1-15(2,19)12-17(3)11-13-5-7-14(8-6-13)18-10-4-9-16-18/h4-10,19H,11-12H2,1-3H3. The molecule has 0 amide bonds. The van der Waals surface area contributed by atoms with Crippen LogP contribution in [0.25, 0.3) is 5.69 Å². The first kappa shape index (κ1) is 13.8. The number of likely N-dealkylation sites (N-methyl/N-ethyl adjacent to an activating group) is 1. The van der Waals surface area contributed by atoms with Crippen LogP contribution in [0.2, 0.25) is 0 Å². The Hall–Kier alpha value is -1.65. The van der Waals surface area contributed by atoms with Crippen LogP contribution in [0.5, 0.6) is 0 Å². The van der Waals surface area contributed by atoms with E-state index in [-0.39, 0.29) is 0 Å². The summed E-state index contributed by atoms with van der Waals surface area (Å²) in [5.41, 5.74) is 1.62. The largest absolute Gasteiger partial charge is 0.389 e. The number of aliphatic hydroxyl groups is 1. The molecule has 0 fully saturated rings. The van der Waals surface area contributed by atoms with Crippen LogP contribution < -0.4 is 0 Å². The van der Waals surface area contributed by atoms with E-state index in [1.807, 2.05) is 37.8 Å². The Bertz CT molecular complexity index is 497. The second kappa shape index (κ2) is 5.55. The zero-order valence-corrected chi connectivity index (χ0v) is 11.7. The highest BCUT2D eigenvalue weighted by Gasteiger charge is 2.15. The van der Waals surface area contributed by atoms with Crippen molar-refractivity contribution in [1.82, 2.24) is 14.7 Å². The fraction of sp³-hybridized carbons (Fsp3) is 0.400. The van der Waals surface area contributed by atoms with Gasteiger partial charge in [-0.2, -0.15) is 5.10 Å². The van der Waals surface area contributed by atoms with Crippen LogP contribution in [0.3, 0.4) is 0 Å². The van der Waals surface area contributed by atoms with Crippen molar-refractivity contribution < 1.29 is 5.11 Å². The molecule has 0 aliphatic heterocycles. The Balaban J connectivity index is 1.99. The molecule has 0 aliphatic carbocycles. The Morgan fingerprint density at radius 2 is 1.95 bits per heavy atom. The van der Waals surface area contributed by atoms with Gasteiger partial charge in [-0.25, -0.2) is 4.68 Å². The number of aromatic nitrogens is 2. The number of nitrogens with zero attached hydrogens (tertiary/aromatic N) is 3. The van der Waals surface area contributed by atoms with Crippen molar-refractivity contribution in [2.45, 2.75) is 26.0 Å². The van der Waals surface area contributed by atoms with Gasteiger partial charge in [0.15, 0.2) is 0 Å². The van der Waals surface area contributed by atoms with Gasteiger partial charge in [0.05, 0.1) is 11.3 Å². The van der Waals surface area contributed by atoms with Gasteiger partial charge < -0.3 is 5.11 Å². The van der Waals surface area contributed by atoms with Gasteiger partial charge in [0.1, 0.15) is 0 Å². The van der Waals surface area contributed by atoms with Crippen LogP contribution in [-0.4, -0.2) is 39.0 Å². The smallest absolute Gasteiger partial charge is 0.0718 e. The molecule has 19 heavy (non-hydrogen) atoms. The molecule has 0 atom stereocenters. The molecule has 0 unspecified atom stereocenters. The summed E-state index contributed by atoms with van der Waals surface area (Å²) in [6.07, 6.45) is 3.69. The maximum absolute atomic E-state index is 9.78. The van der Waals surface area contributed by atoms with E-state index in [1.165, 1.54) is 5.56 Å². The zero-order chi connectivity index (χ0) is 13.9. The van der Waals surface area contributed by atoms with Crippen molar-refractivity contribution in [2.75, 3.05) is 13.6 Å². The van der Waals surface area contributed by atoms with E-state index in [2.05, 4.69) is 34.3 Å². The van der Waals surface area contributed by atoms with E-state index in [0.29, 0.717) is 6.54 Å². The highest BCUT2D eigenvalue weighted by atomic mass is 16.3. The zero-order valence-electron chi connectivity index (χ0n) is 11.7. The van der Waals surface area contributed by atoms with Crippen LogP contribution in [0.4, 0.5) is 0 Å². The molecule has 0 radical (unpaired) electrons. The maximum atomic E-state index is 9.78. The highest BCUT2D eigenvalue weighted by Crippen LogP contribution is 2.11. The van der Waals surface area contributed by atoms with E-state index in [4.69, 9.17) is 0 Å². The van der Waals surface area contributed by atoms with Crippen molar-refractivity contribution >= 4 is 0 Å². The molecule has 1 aromatic carbocycles. The number of hydrogen-bond donors (Lipinski definition) is 1. The molecule has 0 saturated carbocycles. The molecule has 4 nitrogen and oxygen atoms in total. The summed E-state index contributed by atoms with van der Waals surface area (Å²) in [6.45, 7) is 5.12. The van der Waals surface area contributed by atoms with Gasteiger partial charge in [-0.15, -0.1) is 0 Å². The Morgan fingerprint density at radius 3 is 2.47 bits per heavy atom. The van der Waals surface area contributed by atoms with Crippen LogP contribution in [0.1, 0.15) is 19.4 Å². The number of rotatable bonds is 5. The topological polar surface area (TPSA) is 41.3 Å². The second-order valence-electron chi connectivity index (χ2n) is 5.60. The minimum absolute atomic E-state index is 0.647. The predicted octanol–water partition coefficient (Wildman–Crippen LogP) is 2.07. The van der Waals surface area contributed by atoms with Crippen molar-refractivity contribution in [3.05, 3.63) is 48.3 Å². The Morgan fingerprint density at radius 1 is 1.26 bits per heavy atom.